The number of nitrogens with zero attached hydrogens (tertiary/aromatic N) is 2. The number of nitrogens with two attached hydrogens (primary N) is 1. The Kier molecular flexibility index (Phi) is 5.30. The maximum Gasteiger partial charge on any atom is 0.148 e. The van der Waals surface area contributed by atoms with Gasteiger partial charge in [-0.25, -0.2) is 15.8 Å². The lowest BCUT2D eigenvalue weighted by molar-refractivity contribution is 0.687. The molecule has 6 nitrogen and oxygen atoms in total. The van der Waals surface area contributed by atoms with Gasteiger partial charge in [-0.3, -0.25) is 4.21 Å². The van der Waals surface area contributed by atoms with Crippen LogP contribution in [-0.4, -0.2) is 32.7 Å². The summed E-state index contributed by atoms with van der Waals surface area (Å²) in [5.74, 6) is 8.09. The van der Waals surface area contributed by atoms with Gasteiger partial charge in [0.15, 0.2) is 0 Å². The number of aryl methyl sites for hydroxylation is 1. The van der Waals surface area contributed by atoms with E-state index < -0.39 is 10.8 Å². The SMILES string of the molecule is CCc1nc(NN)c(C)c(NCCS(C)=O)n1. The lowest BCUT2D eigenvalue weighted by Crippen LogP contribution is -2.17. The minimum absolute atomic E-state index is 0.594. The van der Waals surface area contributed by atoms with Crippen LogP contribution in [0.3, 0.4) is 0 Å². The molecule has 1 aromatic rings. The largest absolute Gasteiger partial charge is 0.369 e. The third-order valence-electron chi connectivity index (χ3n) is 2.33. The quantitative estimate of drug-likeness (QED) is 0.505. The van der Waals surface area contributed by atoms with Crippen LogP contribution < -0.4 is 16.6 Å². The molecule has 7 heteroatoms. The van der Waals surface area contributed by atoms with Crippen molar-refractivity contribution in [2.45, 2.75) is 20.3 Å². The lowest BCUT2D eigenvalue weighted by Gasteiger charge is -2.12. The Morgan fingerprint density at radius 2 is 2.00 bits per heavy atom. The summed E-state index contributed by atoms with van der Waals surface area (Å²) in [5, 5.41) is 3.15. The second kappa shape index (κ2) is 6.51. The third kappa shape index (κ3) is 3.94. The van der Waals surface area contributed by atoms with Crippen molar-refractivity contribution in [2.75, 3.05) is 29.3 Å². The number of hydrogen-bond acceptors (Lipinski definition) is 6. The summed E-state index contributed by atoms with van der Waals surface area (Å²) in [6, 6.07) is 0. The smallest absolute Gasteiger partial charge is 0.148 e. The Morgan fingerprint density at radius 1 is 1.35 bits per heavy atom. The van der Waals surface area contributed by atoms with Crippen LogP contribution >= 0.6 is 0 Å². The number of nitrogen functional groups attached to an aromatic ring is 1. The Labute approximate surface area is 104 Å². The van der Waals surface area contributed by atoms with E-state index in [9.17, 15) is 4.21 Å². The van der Waals surface area contributed by atoms with Crippen molar-refractivity contribution in [3.05, 3.63) is 11.4 Å². The van der Waals surface area contributed by atoms with Gasteiger partial charge in [-0.2, -0.15) is 0 Å². The van der Waals surface area contributed by atoms with Gasteiger partial charge >= 0.3 is 0 Å². The summed E-state index contributed by atoms with van der Waals surface area (Å²) in [6.45, 7) is 4.49. The summed E-state index contributed by atoms with van der Waals surface area (Å²) in [5.41, 5.74) is 3.43. The first-order chi connectivity index (χ1) is 8.08. The summed E-state index contributed by atoms with van der Waals surface area (Å²) in [7, 11) is -0.806. The zero-order valence-electron chi connectivity index (χ0n) is 10.4. The molecule has 0 aliphatic carbocycles. The molecule has 0 amide bonds. The van der Waals surface area contributed by atoms with Gasteiger partial charge in [0.1, 0.15) is 17.5 Å². The number of rotatable bonds is 6. The molecule has 4 N–H and O–H groups in total. The second-order valence-electron chi connectivity index (χ2n) is 3.66. The molecule has 0 saturated heterocycles. The molecule has 0 bridgehead atoms. The van der Waals surface area contributed by atoms with Crippen LogP contribution in [0.4, 0.5) is 11.6 Å². The molecule has 0 fully saturated rings. The molecule has 96 valence electrons. The van der Waals surface area contributed by atoms with Gasteiger partial charge in [0.05, 0.1) is 0 Å². The number of hydrogen-bond donors (Lipinski definition) is 3. The summed E-state index contributed by atoms with van der Waals surface area (Å²) in [4.78, 5) is 8.65. The first-order valence-electron chi connectivity index (χ1n) is 5.46. The van der Waals surface area contributed by atoms with Crippen LogP contribution in [0.1, 0.15) is 18.3 Å². The molecule has 1 atom stereocenters. The molecule has 0 radical (unpaired) electrons. The summed E-state index contributed by atoms with van der Waals surface area (Å²) >= 11 is 0. The Morgan fingerprint density at radius 3 is 2.53 bits per heavy atom. The molecule has 0 aliphatic rings. The highest BCUT2D eigenvalue weighted by atomic mass is 32.2. The molecular formula is C10H19N5OS. The number of aromatic nitrogens is 2. The first-order valence-corrected chi connectivity index (χ1v) is 7.19. The maximum atomic E-state index is 11.0. The number of anilines is 2. The van der Waals surface area contributed by atoms with Crippen LogP contribution in [0.2, 0.25) is 0 Å². The van der Waals surface area contributed by atoms with Gasteiger partial charge in [-0.1, -0.05) is 6.92 Å². The van der Waals surface area contributed by atoms with Gasteiger partial charge in [-0.15, -0.1) is 0 Å². The molecule has 0 aliphatic heterocycles. The van der Waals surface area contributed by atoms with Crippen molar-refractivity contribution >= 4 is 22.4 Å². The van der Waals surface area contributed by atoms with E-state index in [2.05, 4.69) is 20.7 Å². The van der Waals surface area contributed by atoms with Crippen molar-refractivity contribution < 1.29 is 4.21 Å². The van der Waals surface area contributed by atoms with Crippen molar-refractivity contribution in [3.8, 4) is 0 Å². The van der Waals surface area contributed by atoms with E-state index in [-0.39, 0.29) is 0 Å². The Hall–Kier alpha value is -1.21. The molecule has 1 aromatic heterocycles. The monoisotopic (exact) mass is 257 g/mol. The van der Waals surface area contributed by atoms with Gasteiger partial charge < -0.3 is 10.7 Å². The van der Waals surface area contributed by atoms with Gasteiger partial charge in [0.2, 0.25) is 0 Å². The van der Waals surface area contributed by atoms with E-state index in [0.29, 0.717) is 18.1 Å². The number of nitrogens with one attached hydrogen (secondary N) is 2. The lowest BCUT2D eigenvalue weighted by atomic mass is 10.3. The van der Waals surface area contributed by atoms with Gasteiger partial charge in [-0.05, 0) is 6.92 Å². The van der Waals surface area contributed by atoms with Crippen molar-refractivity contribution in [1.29, 1.82) is 0 Å². The van der Waals surface area contributed by atoms with E-state index in [1.807, 2.05) is 13.8 Å². The molecule has 0 saturated carbocycles. The topological polar surface area (TPSA) is 92.9 Å². The zero-order valence-corrected chi connectivity index (χ0v) is 11.2. The average molecular weight is 257 g/mol. The van der Waals surface area contributed by atoms with Crippen molar-refractivity contribution in [3.63, 3.8) is 0 Å². The first kappa shape index (κ1) is 13.9. The van der Waals surface area contributed by atoms with Crippen LogP contribution in [0.5, 0.6) is 0 Å². The van der Waals surface area contributed by atoms with E-state index in [0.717, 1.165) is 23.6 Å². The fourth-order valence-corrected chi connectivity index (χ4v) is 1.74. The molecule has 1 rings (SSSR count). The van der Waals surface area contributed by atoms with Gasteiger partial charge in [0.25, 0.3) is 0 Å². The minimum atomic E-state index is -0.806. The van der Waals surface area contributed by atoms with Crippen molar-refractivity contribution in [1.82, 2.24) is 9.97 Å². The van der Waals surface area contributed by atoms with Crippen LogP contribution in [0.15, 0.2) is 0 Å². The zero-order chi connectivity index (χ0) is 12.8. The molecule has 17 heavy (non-hydrogen) atoms. The van der Waals surface area contributed by atoms with Gasteiger partial charge in [0, 0.05) is 41.3 Å². The normalized spacial score (nSPS) is 12.2. The average Bonchev–Trinajstić information content (AvgIpc) is 2.31. The van der Waals surface area contributed by atoms with Crippen molar-refractivity contribution in [2.24, 2.45) is 5.84 Å². The fraction of sp³-hybridized carbons (Fsp3) is 0.600. The highest BCUT2D eigenvalue weighted by molar-refractivity contribution is 7.84. The summed E-state index contributed by atoms with van der Waals surface area (Å²) < 4.78 is 11.0. The molecular weight excluding hydrogens is 238 g/mol. The standard InChI is InChI=1S/C10H19N5OS/c1-4-8-13-9(12-5-6-17(3)16)7(2)10(14-8)15-11/h4-6,11H2,1-3H3,(H2,12,13,14,15). The van der Waals surface area contributed by atoms with Crippen LogP contribution in [-0.2, 0) is 17.2 Å². The maximum absolute atomic E-state index is 11.0. The number of hydrazine groups is 1. The third-order valence-corrected chi connectivity index (χ3v) is 3.11. The minimum Gasteiger partial charge on any atom is -0.369 e. The fourth-order valence-electron chi connectivity index (χ4n) is 1.35. The van der Waals surface area contributed by atoms with Crippen LogP contribution in [0.25, 0.3) is 0 Å². The predicted octanol–water partition coefficient (Wildman–Crippen LogP) is 0.423. The molecule has 1 heterocycles. The highest BCUT2D eigenvalue weighted by Gasteiger charge is 2.08. The molecule has 1 unspecified atom stereocenters. The van der Waals surface area contributed by atoms with E-state index in [4.69, 9.17) is 5.84 Å². The summed E-state index contributed by atoms with van der Waals surface area (Å²) in [6.07, 6.45) is 2.42. The predicted molar refractivity (Wildman–Crippen MR) is 71.4 cm³/mol. The van der Waals surface area contributed by atoms with Crippen LogP contribution in [0, 0.1) is 6.92 Å². The molecule has 0 aromatic carbocycles. The Bertz CT molecular complexity index is 410. The van der Waals surface area contributed by atoms with E-state index in [1.165, 1.54) is 0 Å². The van der Waals surface area contributed by atoms with E-state index in [1.54, 1.807) is 6.26 Å². The Balaban J connectivity index is 2.85. The molecule has 0 spiro atoms. The van der Waals surface area contributed by atoms with E-state index >= 15 is 0 Å². The second-order valence-corrected chi connectivity index (χ2v) is 5.22. The highest BCUT2D eigenvalue weighted by Crippen LogP contribution is 2.18.